The van der Waals surface area contributed by atoms with Gasteiger partial charge in [0.25, 0.3) is 11.8 Å². The molecule has 4 rings (SSSR count). The number of anilines is 1. The maximum absolute atomic E-state index is 13.4. The molecule has 178 valence electrons. The van der Waals surface area contributed by atoms with Gasteiger partial charge in [-0.25, -0.2) is 4.68 Å². The van der Waals surface area contributed by atoms with Crippen molar-refractivity contribution in [3.63, 3.8) is 0 Å². The van der Waals surface area contributed by atoms with Crippen molar-refractivity contribution in [2.75, 3.05) is 12.4 Å². The van der Waals surface area contributed by atoms with E-state index in [4.69, 9.17) is 9.84 Å². The molecule has 1 heterocycles. The number of carbonyl (C=O) groups excluding carboxylic acids is 2. The number of nitrogens with zero attached hydrogens (tertiary/aromatic N) is 2. The molecule has 35 heavy (non-hydrogen) atoms. The molecule has 0 fully saturated rings. The van der Waals surface area contributed by atoms with Gasteiger partial charge in [-0.15, -0.1) is 0 Å². The summed E-state index contributed by atoms with van der Waals surface area (Å²) in [5.74, 6) is 0.218. The Kier molecular flexibility index (Phi) is 6.96. The molecule has 7 heteroatoms. The Morgan fingerprint density at radius 1 is 0.914 bits per heavy atom. The predicted octanol–water partition coefficient (Wildman–Crippen LogP) is 5.25. The summed E-state index contributed by atoms with van der Waals surface area (Å²) < 4.78 is 6.95. The Balaban J connectivity index is 1.70. The van der Waals surface area contributed by atoms with Gasteiger partial charge in [-0.3, -0.25) is 9.59 Å². The highest BCUT2D eigenvalue weighted by atomic mass is 16.5. The number of hydrogen-bond acceptors (Lipinski definition) is 4. The van der Waals surface area contributed by atoms with Crippen molar-refractivity contribution in [2.24, 2.45) is 0 Å². The van der Waals surface area contributed by atoms with E-state index in [1.165, 1.54) is 0 Å². The summed E-state index contributed by atoms with van der Waals surface area (Å²) in [6.45, 7) is 5.68. The van der Waals surface area contributed by atoms with Crippen LogP contribution in [-0.4, -0.2) is 34.7 Å². The number of rotatable bonds is 7. The minimum Gasteiger partial charge on any atom is -0.497 e. The average molecular weight is 469 g/mol. The third-order valence-corrected chi connectivity index (χ3v) is 5.50. The predicted molar refractivity (Wildman–Crippen MR) is 137 cm³/mol. The Labute approximate surface area is 204 Å². The molecular formula is C28H28N4O3. The summed E-state index contributed by atoms with van der Waals surface area (Å²) >= 11 is 0. The first-order valence-electron chi connectivity index (χ1n) is 11.4. The zero-order valence-corrected chi connectivity index (χ0v) is 20.2. The number of benzene rings is 3. The van der Waals surface area contributed by atoms with E-state index in [2.05, 4.69) is 10.6 Å². The lowest BCUT2D eigenvalue weighted by Gasteiger charge is -2.12. The van der Waals surface area contributed by atoms with E-state index in [1.54, 1.807) is 30.1 Å². The fourth-order valence-corrected chi connectivity index (χ4v) is 3.70. The van der Waals surface area contributed by atoms with Gasteiger partial charge in [-0.1, -0.05) is 24.3 Å². The highest BCUT2D eigenvalue weighted by Gasteiger charge is 2.20. The van der Waals surface area contributed by atoms with Gasteiger partial charge >= 0.3 is 0 Å². The van der Waals surface area contributed by atoms with E-state index < -0.39 is 0 Å². The van der Waals surface area contributed by atoms with Gasteiger partial charge in [-0.05, 0) is 74.9 Å². The summed E-state index contributed by atoms with van der Waals surface area (Å²) in [5, 5.41) is 10.5. The summed E-state index contributed by atoms with van der Waals surface area (Å²) in [5.41, 5.74) is 4.45. The van der Waals surface area contributed by atoms with Crippen molar-refractivity contribution < 1.29 is 14.3 Å². The second-order valence-corrected chi connectivity index (χ2v) is 8.51. The molecule has 0 atom stereocenters. The van der Waals surface area contributed by atoms with E-state index >= 15 is 0 Å². The van der Waals surface area contributed by atoms with Crippen molar-refractivity contribution >= 4 is 17.5 Å². The Morgan fingerprint density at radius 2 is 1.63 bits per heavy atom. The van der Waals surface area contributed by atoms with Crippen LogP contribution in [0.15, 0.2) is 79.0 Å². The number of aromatic nitrogens is 2. The molecule has 0 radical (unpaired) electrons. The SMILES string of the molecule is COc1ccc(-c2nn(-c3ccccc3)cc2C(=O)Nc2ccc(C)c(C(=O)NC(C)C)c2)cc1. The van der Waals surface area contributed by atoms with Gasteiger partial charge in [0.15, 0.2) is 0 Å². The third-order valence-electron chi connectivity index (χ3n) is 5.50. The van der Waals surface area contributed by atoms with E-state index in [9.17, 15) is 9.59 Å². The van der Waals surface area contributed by atoms with Gasteiger partial charge in [0.2, 0.25) is 0 Å². The number of carbonyl (C=O) groups is 2. The number of aryl methyl sites for hydroxylation is 1. The number of nitrogens with one attached hydrogen (secondary N) is 2. The van der Waals surface area contributed by atoms with Crippen LogP contribution in [0, 0.1) is 6.92 Å². The van der Waals surface area contributed by atoms with Gasteiger partial charge in [-0.2, -0.15) is 5.10 Å². The average Bonchev–Trinajstić information content (AvgIpc) is 3.31. The highest BCUT2D eigenvalue weighted by Crippen LogP contribution is 2.27. The first-order chi connectivity index (χ1) is 16.9. The van der Waals surface area contributed by atoms with Crippen LogP contribution >= 0.6 is 0 Å². The largest absolute Gasteiger partial charge is 0.497 e. The van der Waals surface area contributed by atoms with E-state index in [0.29, 0.717) is 28.3 Å². The molecule has 2 N–H and O–H groups in total. The molecule has 0 saturated carbocycles. The maximum atomic E-state index is 13.4. The molecule has 3 aromatic carbocycles. The number of para-hydroxylation sites is 1. The molecule has 0 saturated heterocycles. The molecule has 0 aliphatic carbocycles. The molecule has 4 aromatic rings. The molecule has 0 unspecified atom stereocenters. The van der Waals surface area contributed by atoms with Crippen LogP contribution in [0.4, 0.5) is 5.69 Å². The van der Waals surface area contributed by atoms with Crippen molar-refractivity contribution in [3.05, 3.63) is 95.7 Å². The zero-order chi connectivity index (χ0) is 24.9. The standard InChI is InChI=1S/C28H28N4O3/c1-18(2)29-27(33)24-16-21(13-10-19(24)3)30-28(34)25-17-32(22-8-6-5-7-9-22)31-26(25)20-11-14-23(35-4)15-12-20/h5-18H,1-4H3,(H,29,33)(H,30,34). The molecule has 0 aliphatic rings. The summed E-state index contributed by atoms with van der Waals surface area (Å²) in [6, 6.07) is 22.3. The van der Waals surface area contributed by atoms with Gasteiger partial charge in [0.1, 0.15) is 11.4 Å². The lowest BCUT2D eigenvalue weighted by atomic mass is 10.1. The minimum atomic E-state index is -0.322. The van der Waals surface area contributed by atoms with Crippen molar-refractivity contribution in [2.45, 2.75) is 26.8 Å². The van der Waals surface area contributed by atoms with Gasteiger partial charge in [0, 0.05) is 29.1 Å². The molecule has 1 aromatic heterocycles. The third kappa shape index (κ3) is 5.41. The fourth-order valence-electron chi connectivity index (χ4n) is 3.70. The van der Waals surface area contributed by atoms with Crippen LogP contribution in [0.3, 0.4) is 0 Å². The van der Waals surface area contributed by atoms with Crippen LogP contribution in [0.2, 0.25) is 0 Å². The number of methoxy groups -OCH3 is 1. The molecule has 0 spiro atoms. The molecular weight excluding hydrogens is 440 g/mol. The van der Waals surface area contributed by atoms with E-state index in [0.717, 1.165) is 16.8 Å². The van der Waals surface area contributed by atoms with Crippen LogP contribution < -0.4 is 15.4 Å². The second kappa shape index (κ2) is 10.3. The normalized spacial score (nSPS) is 10.8. The number of hydrogen-bond donors (Lipinski definition) is 2. The Bertz CT molecular complexity index is 1340. The molecule has 7 nitrogen and oxygen atoms in total. The van der Waals surface area contributed by atoms with E-state index in [1.807, 2.05) is 81.4 Å². The quantitative estimate of drug-likeness (QED) is 0.388. The number of ether oxygens (including phenoxy) is 1. The monoisotopic (exact) mass is 468 g/mol. The summed E-state index contributed by atoms with van der Waals surface area (Å²) in [6.07, 6.45) is 1.71. The lowest BCUT2D eigenvalue weighted by Crippen LogP contribution is -2.30. The van der Waals surface area contributed by atoms with Crippen LogP contribution in [0.1, 0.15) is 40.1 Å². The first-order valence-corrected chi connectivity index (χ1v) is 11.4. The van der Waals surface area contributed by atoms with Crippen LogP contribution in [0.5, 0.6) is 5.75 Å². The van der Waals surface area contributed by atoms with E-state index in [-0.39, 0.29) is 17.9 Å². The Morgan fingerprint density at radius 3 is 2.29 bits per heavy atom. The molecule has 0 bridgehead atoms. The van der Waals surface area contributed by atoms with Gasteiger partial charge < -0.3 is 15.4 Å². The second-order valence-electron chi connectivity index (χ2n) is 8.51. The van der Waals surface area contributed by atoms with Crippen LogP contribution in [0.25, 0.3) is 16.9 Å². The smallest absolute Gasteiger partial charge is 0.259 e. The van der Waals surface area contributed by atoms with Crippen LogP contribution in [-0.2, 0) is 0 Å². The number of amides is 2. The first kappa shape index (κ1) is 23.8. The minimum absolute atomic E-state index is 0.0102. The lowest BCUT2D eigenvalue weighted by molar-refractivity contribution is 0.0941. The van der Waals surface area contributed by atoms with Crippen molar-refractivity contribution in [1.29, 1.82) is 0 Å². The zero-order valence-electron chi connectivity index (χ0n) is 20.2. The van der Waals surface area contributed by atoms with Crippen molar-refractivity contribution in [3.8, 4) is 22.7 Å². The highest BCUT2D eigenvalue weighted by molar-refractivity contribution is 6.08. The summed E-state index contributed by atoms with van der Waals surface area (Å²) in [4.78, 5) is 26.0. The van der Waals surface area contributed by atoms with Crippen molar-refractivity contribution in [1.82, 2.24) is 15.1 Å². The summed E-state index contributed by atoms with van der Waals surface area (Å²) in [7, 11) is 1.61. The molecule has 0 aliphatic heterocycles. The molecule has 2 amide bonds. The Hall–Kier alpha value is -4.39. The van der Waals surface area contributed by atoms with Gasteiger partial charge in [0.05, 0.1) is 18.4 Å². The fraction of sp³-hybridized carbons (Fsp3) is 0.179. The topological polar surface area (TPSA) is 85.2 Å². The maximum Gasteiger partial charge on any atom is 0.259 e.